The third-order valence-electron chi connectivity index (χ3n) is 2.24. The predicted molar refractivity (Wildman–Crippen MR) is 54.8 cm³/mol. The van der Waals surface area contributed by atoms with Crippen molar-refractivity contribution in [2.45, 2.75) is 39.7 Å². The Morgan fingerprint density at radius 3 is 2.62 bits per heavy atom. The van der Waals surface area contributed by atoms with E-state index in [9.17, 15) is 0 Å². The molecule has 3 heteroatoms. The van der Waals surface area contributed by atoms with Crippen LogP contribution in [0.1, 0.15) is 43.6 Å². The largest absolute Gasteiger partial charge is 0.316 e. The van der Waals surface area contributed by atoms with Crippen LogP contribution in [0, 0.1) is 0 Å². The van der Waals surface area contributed by atoms with Crippen LogP contribution in [0.4, 0.5) is 0 Å². The number of hydrogen-bond acceptors (Lipinski definition) is 2. The quantitative estimate of drug-likeness (QED) is 0.743. The van der Waals surface area contributed by atoms with Crippen LogP contribution in [0.15, 0.2) is 0 Å². The summed E-state index contributed by atoms with van der Waals surface area (Å²) in [7, 11) is 1.97. The number of H-pyrrole nitrogens is 1. The molecule has 1 aromatic rings. The third kappa shape index (κ3) is 2.10. The lowest BCUT2D eigenvalue weighted by Gasteiger charge is -2.06. The first-order valence-corrected chi connectivity index (χ1v) is 4.91. The van der Waals surface area contributed by atoms with E-state index < -0.39 is 0 Å². The van der Waals surface area contributed by atoms with E-state index in [1.807, 2.05) is 7.05 Å². The molecule has 3 nitrogen and oxygen atoms in total. The van der Waals surface area contributed by atoms with E-state index in [1.54, 1.807) is 0 Å². The van der Waals surface area contributed by atoms with E-state index in [0.717, 1.165) is 13.0 Å². The molecule has 0 amide bonds. The SMILES string of the molecule is CCc1[nH]nc(C(C)C)c1CNC. The van der Waals surface area contributed by atoms with E-state index in [-0.39, 0.29) is 0 Å². The summed E-state index contributed by atoms with van der Waals surface area (Å²) in [6.07, 6.45) is 1.02. The van der Waals surface area contributed by atoms with Crippen molar-refractivity contribution in [3.05, 3.63) is 17.0 Å². The Bertz CT molecular complexity index is 263. The fourth-order valence-corrected chi connectivity index (χ4v) is 1.56. The van der Waals surface area contributed by atoms with Gasteiger partial charge in [-0.1, -0.05) is 20.8 Å². The third-order valence-corrected chi connectivity index (χ3v) is 2.24. The Morgan fingerprint density at radius 2 is 2.15 bits per heavy atom. The highest BCUT2D eigenvalue weighted by Gasteiger charge is 2.13. The van der Waals surface area contributed by atoms with Crippen molar-refractivity contribution in [1.82, 2.24) is 15.5 Å². The molecule has 0 bridgehead atoms. The molecule has 0 atom stereocenters. The van der Waals surface area contributed by atoms with Gasteiger partial charge in [-0.15, -0.1) is 0 Å². The maximum atomic E-state index is 4.34. The Balaban J connectivity index is 2.99. The van der Waals surface area contributed by atoms with Gasteiger partial charge in [-0.25, -0.2) is 0 Å². The average Bonchev–Trinajstić information content (AvgIpc) is 2.48. The van der Waals surface area contributed by atoms with Crippen molar-refractivity contribution in [2.24, 2.45) is 0 Å². The maximum absolute atomic E-state index is 4.34. The molecule has 0 fully saturated rings. The molecule has 13 heavy (non-hydrogen) atoms. The van der Waals surface area contributed by atoms with Gasteiger partial charge in [-0.05, 0) is 19.4 Å². The molecule has 0 saturated heterocycles. The van der Waals surface area contributed by atoms with E-state index >= 15 is 0 Å². The molecule has 1 rings (SSSR count). The number of nitrogens with one attached hydrogen (secondary N) is 2. The molecule has 1 aromatic heterocycles. The van der Waals surface area contributed by atoms with E-state index in [2.05, 4.69) is 36.3 Å². The van der Waals surface area contributed by atoms with Gasteiger partial charge in [-0.3, -0.25) is 5.10 Å². The highest BCUT2D eigenvalue weighted by molar-refractivity contribution is 5.27. The summed E-state index contributed by atoms with van der Waals surface area (Å²) in [5.74, 6) is 0.500. The number of hydrogen-bond donors (Lipinski definition) is 2. The monoisotopic (exact) mass is 181 g/mol. The van der Waals surface area contributed by atoms with Gasteiger partial charge < -0.3 is 5.32 Å². The summed E-state index contributed by atoms with van der Waals surface area (Å²) >= 11 is 0. The molecule has 0 unspecified atom stereocenters. The first-order chi connectivity index (χ1) is 6.20. The van der Waals surface area contributed by atoms with Crippen LogP contribution < -0.4 is 5.32 Å². The van der Waals surface area contributed by atoms with E-state index in [0.29, 0.717) is 5.92 Å². The Labute approximate surface area is 79.9 Å². The second-order valence-electron chi connectivity index (χ2n) is 3.60. The Kier molecular flexibility index (Phi) is 3.48. The number of rotatable bonds is 4. The second kappa shape index (κ2) is 4.42. The van der Waals surface area contributed by atoms with Crippen molar-refractivity contribution in [3.8, 4) is 0 Å². The average molecular weight is 181 g/mol. The number of aromatic nitrogens is 2. The summed E-state index contributed by atoms with van der Waals surface area (Å²) in [5, 5.41) is 10.6. The molecule has 2 N–H and O–H groups in total. The minimum Gasteiger partial charge on any atom is -0.316 e. The zero-order valence-electron chi connectivity index (χ0n) is 8.94. The van der Waals surface area contributed by atoms with Crippen LogP contribution in [-0.4, -0.2) is 17.2 Å². The molecule has 0 aliphatic carbocycles. The van der Waals surface area contributed by atoms with Crippen LogP contribution in [0.25, 0.3) is 0 Å². The van der Waals surface area contributed by atoms with Gasteiger partial charge in [0.25, 0.3) is 0 Å². The summed E-state index contributed by atoms with van der Waals surface area (Å²) in [4.78, 5) is 0. The Morgan fingerprint density at radius 1 is 1.46 bits per heavy atom. The van der Waals surface area contributed by atoms with Crippen LogP contribution in [0.3, 0.4) is 0 Å². The number of aryl methyl sites for hydroxylation is 1. The van der Waals surface area contributed by atoms with Crippen molar-refractivity contribution in [1.29, 1.82) is 0 Å². The molecule has 0 saturated carbocycles. The number of aromatic amines is 1. The van der Waals surface area contributed by atoms with Gasteiger partial charge in [0.1, 0.15) is 0 Å². The summed E-state index contributed by atoms with van der Waals surface area (Å²) in [6.45, 7) is 7.41. The fourth-order valence-electron chi connectivity index (χ4n) is 1.56. The van der Waals surface area contributed by atoms with Gasteiger partial charge in [0.05, 0.1) is 5.69 Å². The van der Waals surface area contributed by atoms with Crippen molar-refractivity contribution >= 4 is 0 Å². The molecule has 0 radical (unpaired) electrons. The number of nitrogens with zero attached hydrogens (tertiary/aromatic N) is 1. The van der Waals surface area contributed by atoms with Gasteiger partial charge >= 0.3 is 0 Å². The first kappa shape index (κ1) is 10.3. The molecule has 0 aliphatic heterocycles. The molecule has 0 aliphatic rings. The van der Waals surface area contributed by atoms with E-state index in [1.165, 1.54) is 17.0 Å². The van der Waals surface area contributed by atoms with Crippen LogP contribution >= 0.6 is 0 Å². The van der Waals surface area contributed by atoms with Gasteiger partial charge in [0.15, 0.2) is 0 Å². The zero-order chi connectivity index (χ0) is 9.84. The molecular formula is C10H19N3. The topological polar surface area (TPSA) is 40.7 Å². The van der Waals surface area contributed by atoms with Gasteiger partial charge in [-0.2, -0.15) is 5.10 Å². The molecule has 74 valence electrons. The highest BCUT2D eigenvalue weighted by Crippen LogP contribution is 2.19. The zero-order valence-corrected chi connectivity index (χ0v) is 8.94. The highest BCUT2D eigenvalue weighted by atomic mass is 15.1. The van der Waals surface area contributed by atoms with Gasteiger partial charge in [0, 0.05) is 17.8 Å². The molecular weight excluding hydrogens is 162 g/mol. The van der Waals surface area contributed by atoms with Gasteiger partial charge in [0.2, 0.25) is 0 Å². The molecule has 0 aromatic carbocycles. The lowest BCUT2D eigenvalue weighted by molar-refractivity contribution is 0.757. The van der Waals surface area contributed by atoms with Crippen LogP contribution in [0.5, 0.6) is 0 Å². The van der Waals surface area contributed by atoms with E-state index in [4.69, 9.17) is 0 Å². The second-order valence-corrected chi connectivity index (χ2v) is 3.60. The minimum atomic E-state index is 0.500. The molecule has 0 spiro atoms. The summed E-state index contributed by atoms with van der Waals surface area (Å²) in [5.41, 5.74) is 3.81. The summed E-state index contributed by atoms with van der Waals surface area (Å²) in [6, 6.07) is 0. The lowest BCUT2D eigenvalue weighted by Crippen LogP contribution is -2.09. The smallest absolute Gasteiger partial charge is 0.0695 e. The summed E-state index contributed by atoms with van der Waals surface area (Å²) < 4.78 is 0. The van der Waals surface area contributed by atoms with Crippen molar-refractivity contribution < 1.29 is 0 Å². The van der Waals surface area contributed by atoms with Crippen LogP contribution in [0.2, 0.25) is 0 Å². The lowest BCUT2D eigenvalue weighted by atomic mass is 10.0. The fraction of sp³-hybridized carbons (Fsp3) is 0.700. The van der Waals surface area contributed by atoms with Crippen molar-refractivity contribution in [3.63, 3.8) is 0 Å². The predicted octanol–water partition coefficient (Wildman–Crippen LogP) is 1.81. The molecule has 1 heterocycles. The maximum Gasteiger partial charge on any atom is 0.0695 e. The Hall–Kier alpha value is -0.830. The van der Waals surface area contributed by atoms with Crippen molar-refractivity contribution in [2.75, 3.05) is 7.05 Å². The standard InChI is InChI=1S/C10H19N3/c1-5-9-8(6-11-4)10(7(2)3)13-12-9/h7,11H,5-6H2,1-4H3,(H,12,13). The minimum absolute atomic E-state index is 0.500. The first-order valence-electron chi connectivity index (χ1n) is 4.91. The normalized spacial score (nSPS) is 11.2. The van der Waals surface area contributed by atoms with Crippen LogP contribution in [-0.2, 0) is 13.0 Å².